The number of hydrogen-bond acceptors (Lipinski definition) is 3. The number of carbonyl (C=O) groups is 2. The van der Waals surface area contributed by atoms with Crippen molar-refractivity contribution >= 4 is 11.7 Å². The van der Waals surface area contributed by atoms with Crippen molar-refractivity contribution < 1.29 is 9.59 Å². The molecular formula is C10H20N2O2. The van der Waals surface area contributed by atoms with Crippen LogP contribution in [0.4, 0.5) is 0 Å². The molecule has 14 heavy (non-hydrogen) atoms. The first-order valence-corrected chi connectivity index (χ1v) is 4.78. The predicted octanol–water partition coefficient (Wildman–Crippen LogP) is 0.374. The van der Waals surface area contributed by atoms with Gasteiger partial charge in [0, 0.05) is 13.1 Å². The minimum absolute atomic E-state index is 0.00745. The third kappa shape index (κ3) is 4.97. The number of amides is 1. The minimum atomic E-state index is -0.0172. The molecule has 0 aromatic carbocycles. The predicted molar refractivity (Wildman–Crippen MR) is 56.1 cm³/mol. The Hall–Kier alpha value is -0.900. The molecule has 0 aliphatic carbocycles. The molecule has 0 aliphatic heterocycles. The van der Waals surface area contributed by atoms with Gasteiger partial charge in [0.2, 0.25) is 5.91 Å². The number of hydrogen-bond donors (Lipinski definition) is 0. The molecule has 0 bridgehead atoms. The van der Waals surface area contributed by atoms with Crippen LogP contribution in [0.5, 0.6) is 0 Å². The second-order valence-electron chi connectivity index (χ2n) is 3.96. The van der Waals surface area contributed by atoms with Crippen LogP contribution in [-0.4, -0.2) is 54.7 Å². The fourth-order valence-corrected chi connectivity index (χ4v) is 0.939. The first kappa shape index (κ1) is 13.1. The Kier molecular flexibility index (Phi) is 5.38. The Bertz CT molecular complexity index is 214. The lowest BCUT2D eigenvalue weighted by Gasteiger charge is -2.23. The van der Waals surface area contributed by atoms with Crippen molar-refractivity contribution in [2.75, 3.05) is 27.2 Å². The van der Waals surface area contributed by atoms with Crippen LogP contribution in [0.1, 0.15) is 20.8 Å². The van der Waals surface area contributed by atoms with E-state index in [9.17, 15) is 9.59 Å². The third-order valence-electron chi connectivity index (χ3n) is 2.15. The minimum Gasteiger partial charge on any atom is -0.337 e. The van der Waals surface area contributed by atoms with Gasteiger partial charge in [0.1, 0.15) is 5.78 Å². The summed E-state index contributed by atoms with van der Waals surface area (Å²) in [5.74, 6) is -0.00977. The van der Waals surface area contributed by atoms with Gasteiger partial charge < -0.3 is 4.90 Å². The van der Waals surface area contributed by atoms with Crippen LogP contribution in [0, 0.1) is 0 Å². The van der Waals surface area contributed by atoms with Crippen LogP contribution >= 0.6 is 0 Å². The molecule has 0 fully saturated rings. The molecule has 0 aromatic rings. The molecule has 0 unspecified atom stereocenters. The van der Waals surface area contributed by atoms with Crippen LogP contribution in [-0.2, 0) is 9.59 Å². The molecule has 0 rings (SSSR count). The highest BCUT2D eigenvalue weighted by atomic mass is 16.2. The largest absolute Gasteiger partial charge is 0.337 e. The molecule has 0 heterocycles. The van der Waals surface area contributed by atoms with Crippen molar-refractivity contribution in [2.45, 2.75) is 26.8 Å². The van der Waals surface area contributed by atoms with Crippen molar-refractivity contribution in [3.8, 4) is 0 Å². The van der Waals surface area contributed by atoms with Gasteiger partial charge in [0.05, 0.1) is 13.1 Å². The quantitative estimate of drug-likeness (QED) is 0.644. The Morgan fingerprint density at radius 2 is 1.64 bits per heavy atom. The van der Waals surface area contributed by atoms with Gasteiger partial charge in [0.25, 0.3) is 0 Å². The molecule has 4 heteroatoms. The van der Waals surface area contributed by atoms with E-state index in [0.29, 0.717) is 12.6 Å². The van der Waals surface area contributed by atoms with E-state index in [1.807, 2.05) is 25.8 Å². The molecule has 4 nitrogen and oxygen atoms in total. The van der Waals surface area contributed by atoms with E-state index in [1.165, 1.54) is 11.8 Å². The fraction of sp³-hybridized carbons (Fsp3) is 0.800. The van der Waals surface area contributed by atoms with E-state index in [2.05, 4.69) is 0 Å². The van der Waals surface area contributed by atoms with Gasteiger partial charge in [-0.05, 0) is 27.8 Å². The van der Waals surface area contributed by atoms with Crippen LogP contribution in [0.25, 0.3) is 0 Å². The maximum atomic E-state index is 11.5. The van der Waals surface area contributed by atoms with Gasteiger partial charge >= 0.3 is 0 Å². The highest BCUT2D eigenvalue weighted by molar-refractivity contribution is 5.85. The molecule has 0 spiro atoms. The lowest BCUT2D eigenvalue weighted by atomic mass is 10.3. The Balaban J connectivity index is 4.01. The summed E-state index contributed by atoms with van der Waals surface area (Å²) in [6, 6.07) is 0.338. The van der Waals surface area contributed by atoms with E-state index in [1.54, 1.807) is 7.05 Å². The second kappa shape index (κ2) is 5.75. The van der Waals surface area contributed by atoms with Crippen molar-refractivity contribution in [1.82, 2.24) is 9.80 Å². The summed E-state index contributed by atoms with van der Waals surface area (Å²) in [5.41, 5.74) is 0. The van der Waals surface area contributed by atoms with Gasteiger partial charge in [-0.25, -0.2) is 0 Å². The number of Topliss-reactive ketones (excluding diaryl/α,β-unsaturated/α-hetero) is 1. The fourth-order valence-electron chi connectivity index (χ4n) is 0.939. The first-order valence-electron chi connectivity index (χ1n) is 4.78. The van der Waals surface area contributed by atoms with Gasteiger partial charge in [-0.3, -0.25) is 14.5 Å². The topological polar surface area (TPSA) is 40.6 Å². The molecule has 82 valence electrons. The number of carbonyl (C=O) groups excluding carboxylic acids is 2. The molecular weight excluding hydrogens is 180 g/mol. The zero-order valence-corrected chi connectivity index (χ0v) is 9.70. The smallest absolute Gasteiger partial charge is 0.236 e. The molecule has 0 aromatic heterocycles. The summed E-state index contributed by atoms with van der Waals surface area (Å²) >= 11 is 0. The van der Waals surface area contributed by atoms with Crippen molar-refractivity contribution in [1.29, 1.82) is 0 Å². The summed E-state index contributed by atoms with van der Waals surface area (Å²) in [4.78, 5) is 25.7. The van der Waals surface area contributed by atoms with Crippen LogP contribution in [0.2, 0.25) is 0 Å². The lowest BCUT2D eigenvalue weighted by Crippen LogP contribution is -2.40. The van der Waals surface area contributed by atoms with Crippen molar-refractivity contribution in [3.05, 3.63) is 0 Å². The third-order valence-corrected chi connectivity index (χ3v) is 2.15. The van der Waals surface area contributed by atoms with Gasteiger partial charge in [-0.2, -0.15) is 0 Å². The molecule has 0 saturated carbocycles. The number of rotatable bonds is 5. The number of ketones is 1. The zero-order chi connectivity index (χ0) is 11.3. The Morgan fingerprint density at radius 3 is 2.00 bits per heavy atom. The van der Waals surface area contributed by atoms with Crippen molar-refractivity contribution in [3.63, 3.8) is 0 Å². The van der Waals surface area contributed by atoms with Gasteiger partial charge in [-0.15, -0.1) is 0 Å². The van der Waals surface area contributed by atoms with Crippen LogP contribution < -0.4 is 0 Å². The van der Waals surface area contributed by atoms with Crippen molar-refractivity contribution in [2.24, 2.45) is 0 Å². The monoisotopic (exact) mass is 200 g/mol. The van der Waals surface area contributed by atoms with E-state index >= 15 is 0 Å². The summed E-state index contributed by atoms with van der Waals surface area (Å²) < 4.78 is 0. The molecule has 1 amide bonds. The summed E-state index contributed by atoms with van der Waals surface area (Å²) in [6.45, 7) is 6.10. The normalized spacial score (nSPS) is 10.8. The summed E-state index contributed by atoms with van der Waals surface area (Å²) in [7, 11) is 3.54. The SMILES string of the molecule is CC(=O)CN(C)C(=O)CN(C)C(C)C. The second-order valence-corrected chi connectivity index (χ2v) is 3.96. The highest BCUT2D eigenvalue weighted by Crippen LogP contribution is 1.95. The Morgan fingerprint density at radius 1 is 1.14 bits per heavy atom. The molecule has 0 saturated heterocycles. The Labute approximate surface area is 85.9 Å². The van der Waals surface area contributed by atoms with E-state index < -0.39 is 0 Å². The highest BCUT2D eigenvalue weighted by Gasteiger charge is 2.14. The van der Waals surface area contributed by atoms with Crippen LogP contribution in [0.3, 0.4) is 0 Å². The lowest BCUT2D eigenvalue weighted by molar-refractivity contribution is -0.134. The average Bonchev–Trinajstić information content (AvgIpc) is 2.02. The zero-order valence-electron chi connectivity index (χ0n) is 9.70. The number of nitrogens with zero attached hydrogens (tertiary/aromatic N) is 2. The number of likely N-dealkylation sites (N-methyl/N-ethyl adjacent to an activating group) is 2. The first-order chi connectivity index (χ1) is 6.34. The molecule has 0 radical (unpaired) electrons. The van der Waals surface area contributed by atoms with E-state index in [4.69, 9.17) is 0 Å². The maximum Gasteiger partial charge on any atom is 0.236 e. The summed E-state index contributed by atoms with van der Waals surface area (Å²) in [5, 5.41) is 0. The van der Waals surface area contributed by atoms with E-state index in [0.717, 1.165) is 0 Å². The average molecular weight is 200 g/mol. The summed E-state index contributed by atoms with van der Waals surface area (Å²) in [6.07, 6.45) is 0. The maximum absolute atomic E-state index is 11.5. The standard InChI is InChI=1S/C10H20N2O2/c1-8(2)11(4)7-10(14)12(5)6-9(3)13/h8H,6-7H2,1-5H3. The van der Waals surface area contributed by atoms with Gasteiger partial charge in [-0.1, -0.05) is 0 Å². The molecule has 0 N–H and O–H groups in total. The van der Waals surface area contributed by atoms with E-state index in [-0.39, 0.29) is 18.2 Å². The molecule has 0 atom stereocenters. The van der Waals surface area contributed by atoms with Crippen LogP contribution in [0.15, 0.2) is 0 Å². The molecule has 0 aliphatic rings. The van der Waals surface area contributed by atoms with Gasteiger partial charge in [0.15, 0.2) is 0 Å².